The summed E-state index contributed by atoms with van der Waals surface area (Å²) in [5.41, 5.74) is 1.13. The molecule has 0 aliphatic carbocycles. The van der Waals surface area contributed by atoms with Crippen LogP contribution >= 0.6 is 0 Å². The van der Waals surface area contributed by atoms with Gasteiger partial charge in [0.15, 0.2) is 0 Å². The molecule has 0 saturated heterocycles. The Morgan fingerprint density at radius 1 is 1.07 bits per heavy atom. The molecule has 14 heavy (non-hydrogen) atoms. The van der Waals surface area contributed by atoms with E-state index in [-0.39, 0.29) is 0 Å². The van der Waals surface area contributed by atoms with Crippen LogP contribution in [0.4, 0.5) is 0 Å². The predicted molar refractivity (Wildman–Crippen MR) is 55.9 cm³/mol. The van der Waals surface area contributed by atoms with Gasteiger partial charge in [-0.1, -0.05) is 29.8 Å². The maximum absolute atomic E-state index is 10.7. The molecule has 72 valence electrons. The molecule has 2 nitrogen and oxygen atoms in total. The van der Waals surface area contributed by atoms with Gasteiger partial charge in [-0.15, -0.1) is 0 Å². The zero-order valence-corrected chi connectivity index (χ0v) is 8.51. The molecule has 3 heteroatoms. The van der Waals surface area contributed by atoms with Crippen LogP contribution in [0.3, 0.4) is 0 Å². The maximum Gasteiger partial charge on any atom is 0.0255 e. The molecule has 0 N–H and O–H groups in total. The first-order valence-electron chi connectivity index (χ1n) is 4.26. The minimum atomic E-state index is -2.14. The monoisotopic (exact) mass is 205 g/mol. The van der Waals surface area contributed by atoms with E-state index in [2.05, 4.69) is 0 Å². The summed E-state index contributed by atoms with van der Waals surface area (Å²) in [5, 5.41) is 2.02. The fraction of sp³-hybridized carbons (Fsp3) is 0.0909. The van der Waals surface area contributed by atoms with Crippen molar-refractivity contribution < 1.29 is 8.76 Å². The molecule has 0 aliphatic rings. The minimum Gasteiger partial charge on any atom is -0.768 e. The highest BCUT2D eigenvalue weighted by Gasteiger charge is 1.96. The Morgan fingerprint density at radius 3 is 2.50 bits per heavy atom. The molecule has 2 aromatic carbocycles. The molecule has 2 rings (SSSR count). The third-order valence-corrected chi connectivity index (χ3v) is 2.80. The van der Waals surface area contributed by atoms with Gasteiger partial charge < -0.3 is 4.55 Å². The lowest BCUT2D eigenvalue weighted by Gasteiger charge is -2.06. The summed E-state index contributed by atoms with van der Waals surface area (Å²) in [7, 11) is 0. The van der Waals surface area contributed by atoms with E-state index in [0.717, 1.165) is 16.3 Å². The quantitative estimate of drug-likeness (QED) is 0.670. The molecule has 0 fully saturated rings. The fourth-order valence-electron chi connectivity index (χ4n) is 1.45. The van der Waals surface area contributed by atoms with E-state index in [1.165, 1.54) is 0 Å². The van der Waals surface area contributed by atoms with Crippen LogP contribution in [0.2, 0.25) is 0 Å². The highest BCUT2D eigenvalue weighted by molar-refractivity contribution is 7.79. The van der Waals surface area contributed by atoms with Crippen LogP contribution < -0.4 is 0 Å². The fourth-order valence-corrected chi connectivity index (χ4v) is 1.85. The zero-order valence-electron chi connectivity index (χ0n) is 7.69. The van der Waals surface area contributed by atoms with E-state index in [1.54, 1.807) is 12.1 Å². The van der Waals surface area contributed by atoms with Crippen LogP contribution in [0.5, 0.6) is 0 Å². The average molecular weight is 205 g/mol. The van der Waals surface area contributed by atoms with Crippen molar-refractivity contribution in [2.24, 2.45) is 0 Å². The summed E-state index contributed by atoms with van der Waals surface area (Å²) in [5.74, 6) is 0. The third kappa shape index (κ3) is 1.69. The van der Waals surface area contributed by atoms with Crippen LogP contribution in [0.25, 0.3) is 10.8 Å². The molecule has 0 aromatic heterocycles. The SMILES string of the molecule is Cc1ccc2ccc(S(=O)[O-])cc2c1. The van der Waals surface area contributed by atoms with E-state index < -0.39 is 11.1 Å². The van der Waals surface area contributed by atoms with E-state index in [9.17, 15) is 8.76 Å². The maximum atomic E-state index is 10.7. The Labute approximate surface area is 84.9 Å². The highest BCUT2D eigenvalue weighted by atomic mass is 32.2. The lowest BCUT2D eigenvalue weighted by atomic mass is 10.1. The van der Waals surface area contributed by atoms with E-state index in [0.29, 0.717) is 4.90 Å². The van der Waals surface area contributed by atoms with Crippen molar-refractivity contribution in [3.05, 3.63) is 42.0 Å². The normalized spacial score (nSPS) is 13.0. The topological polar surface area (TPSA) is 40.1 Å². The molecule has 0 bridgehead atoms. The van der Waals surface area contributed by atoms with Crippen LogP contribution in [-0.2, 0) is 11.1 Å². The number of aryl methyl sites for hydroxylation is 1. The largest absolute Gasteiger partial charge is 0.768 e. The Bertz CT molecular complexity index is 506. The zero-order chi connectivity index (χ0) is 10.1. The van der Waals surface area contributed by atoms with Gasteiger partial charge in [-0.3, -0.25) is 4.21 Å². The van der Waals surface area contributed by atoms with Crippen molar-refractivity contribution in [2.45, 2.75) is 11.8 Å². The second-order valence-electron chi connectivity index (χ2n) is 3.25. The van der Waals surface area contributed by atoms with Crippen LogP contribution in [-0.4, -0.2) is 8.76 Å². The number of benzene rings is 2. The Hall–Kier alpha value is -1.19. The summed E-state index contributed by atoms with van der Waals surface area (Å²) in [4.78, 5) is 0.336. The number of hydrogen-bond donors (Lipinski definition) is 0. The predicted octanol–water partition coefficient (Wildman–Crippen LogP) is 2.39. The van der Waals surface area contributed by atoms with Gasteiger partial charge in [0.2, 0.25) is 0 Å². The molecule has 0 amide bonds. The Kier molecular flexibility index (Phi) is 2.35. The first-order chi connectivity index (χ1) is 6.66. The van der Waals surface area contributed by atoms with Gasteiger partial charge in [0.05, 0.1) is 0 Å². The van der Waals surface area contributed by atoms with Crippen molar-refractivity contribution in [1.82, 2.24) is 0 Å². The van der Waals surface area contributed by atoms with Crippen molar-refractivity contribution in [3.8, 4) is 0 Å². The first kappa shape index (κ1) is 9.37. The summed E-state index contributed by atoms with van der Waals surface area (Å²) < 4.78 is 21.5. The third-order valence-electron chi connectivity index (χ3n) is 2.16. The van der Waals surface area contributed by atoms with Gasteiger partial charge >= 0.3 is 0 Å². The number of rotatable bonds is 1. The molecule has 1 unspecified atom stereocenters. The van der Waals surface area contributed by atoms with Crippen LogP contribution in [0.1, 0.15) is 5.56 Å². The summed E-state index contributed by atoms with van der Waals surface area (Å²) in [6.45, 7) is 1.99. The second-order valence-corrected chi connectivity index (χ2v) is 4.19. The lowest BCUT2D eigenvalue weighted by molar-refractivity contribution is 0.537. The number of fused-ring (bicyclic) bond motifs is 1. The van der Waals surface area contributed by atoms with Gasteiger partial charge in [-0.25, -0.2) is 0 Å². The highest BCUT2D eigenvalue weighted by Crippen LogP contribution is 2.18. The van der Waals surface area contributed by atoms with Gasteiger partial charge in [0, 0.05) is 4.90 Å². The molecule has 2 aromatic rings. The van der Waals surface area contributed by atoms with Gasteiger partial charge in [-0.05, 0) is 40.9 Å². The molecule has 0 spiro atoms. The van der Waals surface area contributed by atoms with Crippen LogP contribution in [0, 0.1) is 6.92 Å². The van der Waals surface area contributed by atoms with Crippen LogP contribution in [0.15, 0.2) is 41.3 Å². The molecule has 0 radical (unpaired) electrons. The molecule has 0 saturated carbocycles. The molecule has 0 aliphatic heterocycles. The van der Waals surface area contributed by atoms with E-state index in [4.69, 9.17) is 0 Å². The van der Waals surface area contributed by atoms with Gasteiger partial charge in [-0.2, -0.15) is 0 Å². The summed E-state index contributed by atoms with van der Waals surface area (Å²) in [6.07, 6.45) is 0. The standard InChI is InChI=1S/C11H10O2S/c1-8-2-3-9-4-5-11(14(12)13)7-10(9)6-8/h2-7H,1H3,(H,12,13)/p-1. The Morgan fingerprint density at radius 2 is 1.79 bits per heavy atom. The minimum absolute atomic E-state index is 0.336. The Balaban J connectivity index is 2.69. The van der Waals surface area contributed by atoms with Crippen molar-refractivity contribution in [3.63, 3.8) is 0 Å². The molecular weight excluding hydrogens is 196 g/mol. The van der Waals surface area contributed by atoms with Crippen molar-refractivity contribution in [1.29, 1.82) is 0 Å². The lowest BCUT2D eigenvalue weighted by Crippen LogP contribution is -1.88. The molecular formula is C11H9O2S-. The van der Waals surface area contributed by atoms with Gasteiger partial charge in [0.25, 0.3) is 0 Å². The smallest absolute Gasteiger partial charge is 0.0255 e. The van der Waals surface area contributed by atoms with Crippen molar-refractivity contribution in [2.75, 3.05) is 0 Å². The molecule has 0 heterocycles. The summed E-state index contributed by atoms with van der Waals surface area (Å²) in [6, 6.07) is 11.1. The van der Waals surface area contributed by atoms with Crippen molar-refractivity contribution >= 4 is 21.9 Å². The summed E-state index contributed by atoms with van der Waals surface area (Å²) >= 11 is -2.14. The van der Waals surface area contributed by atoms with E-state index in [1.807, 2.05) is 31.2 Å². The second kappa shape index (κ2) is 3.52. The molecule has 1 atom stereocenters. The first-order valence-corrected chi connectivity index (χ1v) is 5.34. The average Bonchev–Trinajstić information content (AvgIpc) is 2.16. The number of hydrogen-bond acceptors (Lipinski definition) is 2. The van der Waals surface area contributed by atoms with Gasteiger partial charge in [0.1, 0.15) is 0 Å². The van der Waals surface area contributed by atoms with E-state index >= 15 is 0 Å².